The number of carboxylic acids is 1. The molecule has 0 saturated heterocycles. The van der Waals surface area contributed by atoms with E-state index in [9.17, 15) is 19.0 Å². The molecule has 11 heteroatoms. The van der Waals surface area contributed by atoms with Crippen molar-refractivity contribution in [2.24, 2.45) is 5.73 Å². The van der Waals surface area contributed by atoms with E-state index in [-0.39, 0.29) is 13.0 Å². The average Bonchev–Trinajstić information content (AvgIpc) is 3.25. The molecule has 0 aliphatic heterocycles. The van der Waals surface area contributed by atoms with E-state index in [1.165, 1.54) is 128 Å². The van der Waals surface area contributed by atoms with Gasteiger partial charge in [-0.3, -0.25) is 18.6 Å². The fourth-order valence-corrected chi connectivity index (χ4v) is 7.54. The Kier molecular flexibility index (Phi) is 44.9. The Balaban J connectivity index is 4.18. The van der Waals surface area contributed by atoms with E-state index in [1.54, 1.807) is 0 Å². The van der Waals surface area contributed by atoms with Crippen LogP contribution in [0.15, 0.2) is 60.8 Å². The molecule has 360 valence electrons. The summed E-state index contributed by atoms with van der Waals surface area (Å²) < 4.78 is 33.4. The lowest BCUT2D eigenvalue weighted by molar-refractivity contribution is -0.154. The average molecular weight is 894 g/mol. The number of rotatable bonds is 47. The first kappa shape index (κ1) is 59.7. The lowest BCUT2D eigenvalue weighted by Gasteiger charge is -2.20. The SMILES string of the molecule is CC/C=C\C/C=C\C/C=C\C/C=C\C/C=C\CCCC(=O)OC(COCCCCCCCCCCCCCCCCCCCCCCCCC)COP(=O)(O)OCC(N)C(=O)O. The topological polar surface area (TPSA) is 155 Å². The van der Waals surface area contributed by atoms with Crippen LogP contribution < -0.4 is 5.73 Å². The summed E-state index contributed by atoms with van der Waals surface area (Å²) >= 11 is 0. The maximum absolute atomic E-state index is 12.6. The van der Waals surface area contributed by atoms with E-state index in [4.69, 9.17) is 29.4 Å². The van der Waals surface area contributed by atoms with Crippen molar-refractivity contribution >= 4 is 19.8 Å². The van der Waals surface area contributed by atoms with Gasteiger partial charge in [-0.1, -0.05) is 216 Å². The highest BCUT2D eigenvalue weighted by molar-refractivity contribution is 7.47. The van der Waals surface area contributed by atoms with Crippen molar-refractivity contribution in [3.63, 3.8) is 0 Å². The molecule has 3 unspecified atom stereocenters. The van der Waals surface area contributed by atoms with E-state index in [2.05, 4.69) is 68.5 Å². The Bertz CT molecular complexity index is 1220. The molecule has 0 aliphatic carbocycles. The molecule has 0 amide bonds. The third-order valence-corrected chi connectivity index (χ3v) is 11.5. The molecule has 0 aromatic carbocycles. The van der Waals surface area contributed by atoms with Gasteiger partial charge in [0.15, 0.2) is 0 Å². The predicted molar refractivity (Wildman–Crippen MR) is 258 cm³/mol. The van der Waals surface area contributed by atoms with Gasteiger partial charge in [0.05, 0.1) is 19.8 Å². The van der Waals surface area contributed by atoms with Crippen LogP contribution in [0.3, 0.4) is 0 Å². The van der Waals surface area contributed by atoms with Crippen molar-refractivity contribution in [2.75, 3.05) is 26.4 Å². The van der Waals surface area contributed by atoms with E-state index in [0.29, 0.717) is 19.4 Å². The number of aliphatic carboxylic acids is 1. The highest BCUT2D eigenvalue weighted by Gasteiger charge is 2.27. The van der Waals surface area contributed by atoms with E-state index in [0.717, 1.165) is 51.4 Å². The van der Waals surface area contributed by atoms with Crippen LogP contribution in [0, 0.1) is 0 Å². The molecule has 10 nitrogen and oxygen atoms in total. The molecule has 0 saturated carbocycles. The number of hydrogen-bond donors (Lipinski definition) is 3. The summed E-state index contributed by atoms with van der Waals surface area (Å²) in [6.45, 7) is 3.72. The maximum Gasteiger partial charge on any atom is 0.472 e. The van der Waals surface area contributed by atoms with E-state index >= 15 is 0 Å². The van der Waals surface area contributed by atoms with Gasteiger partial charge in [-0.25, -0.2) is 4.57 Å². The summed E-state index contributed by atoms with van der Waals surface area (Å²) in [5.41, 5.74) is 5.36. The lowest BCUT2D eigenvalue weighted by Crippen LogP contribution is -2.34. The minimum Gasteiger partial charge on any atom is -0.480 e. The Morgan fingerprint density at radius 2 is 0.919 bits per heavy atom. The predicted octanol–water partition coefficient (Wildman–Crippen LogP) is 14.4. The molecule has 0 fully saturated rings. The van der Waals surface area contributed by atoms with Gasteiger partial charge in [0, 0.05) is 13.0 Å². The molecule has 0 spiro atoms. The number of ether oxygens (including phenoxy) is 2. The van der Waals surface area contributed by atoms with Crippen LogP contribution >= 0.6 is 7.82 Å². The number of esters is 1. The summed E-state index contributed by atoms with van der Waals surface area (Å²) in [4.78, 5) is 33.6. The van der Waals surface area contributed by atoms with Crippen LogP contribution in [-0.4, -0.2) is 60.5 Å². The van der Waals surface area contributed by atoms with Gasteiger partial charge >= 0.3 is 19.8 Å². The molecule has 62 heavy (non-hydrogen) atoms. The second kappa shape index (κ2) is 46.7. The standard InChI is InChI=1S/C51H92NO9P/c1-3-5-7-9-11-13-15-17-19-21-22-23-24-25-26-28-30-32-34-36-38-40-42-44-58-45-48(46-59-62(56,57)60-47-49(52)51(54)55)61-50(53)43-41-39-37-35-33-31-29-27-20-18-16-14-12-10-8-6-4-2/h6,8,12,14,18,20,29,31,35,37,48-49H,3-5,7,9-11,13,15-17,19,21-28,30,32-34,36,38-47,52H2,1-2H3,(H,54,55)(H,56,57)/b8-6-,14-12-,20-18-,31-29-,37-35-. The first-order chi connectivity index (χ1) is 30.2. The number of phosphoric ester groups is 1. The zero-order valence-electron chi connectivity index (χ0n) is 39.5. The number of hydrogen-bond acceptors (Lipinski definition) is 8. The highest BCUT2D eigenvalue weighted by Crippen LogP contribution is 2.43. The van der Waals surface area contributed by atoms with Gasteiger partial charge < -0.3 is 25.2 Å². The van der Waals surface area contributed by atoms with Gasteiger partial charge in [-0.05, 0) is 51.4 Å². The number of carbonyl (C=O) groups is 2. The molecule has 3 atom stereocenters. The third kappa shape index (κ3) is 45.7. The Morgan fingerprint density at radius 3 is 1.34 bits per heavy atom. The smallest absolute Gasteiger partial charge is 0.472 e. The Labute approximate surface area is 379 Å². The first-order valence-corrected chi connectivity index (χ1v) is 26.3. The zero-order valence-corrected chi connectivity index (χ0v) is 40.3. The molecule has 0 aliphatic rings. The third-order valence-electron chi connectivity index (χ3n) is 10.6. The monoisotopic (exact) mass is 894 g/mol. The molecule has 0 heterocycles. The highest BCUT2D eigenvalue weighted by atomic mass is 31.2. The molecule has 0 aromatic rings. The van der Waals surface area contributed by atoms with E-state index in [1.807, 2.05) is 6.08 Å². The number of carbonyl (C=O) groups excluding carboxylic acids is 1. The van der Waals surface area contributed by atoms with Crippen LogP contribution in [0.4, 0.5) is 0 Å². The lowest BCUT2D eigenvalue weighted by atomic mass is 10.0. The molecular formula is C51H92NO9P. The summed E-state index contributed by atoms with van der Waals surface area (Å²) in [5.74, 6) is -1.84. The fourth-order valence-electron chi connectivity index (χ4n) is 6.76. The van der Waals surface area contributed by atoms with Crippen LogP contribution in [0.1, 0.15) is 213 Å². The van der Waals surface area contributed by atoms with Crippen molar-refractivity contribution in [1.82, 2.24) is 0 Å². The Morgan fingerprint density at radius 1 is 0.532 bits per heavy atom. The maximum atomic E-state index is 12.6. The summed E-state index contributed by atoms with van der Waals surface area (Å²) in [5, 5.41) is 8.92. The summed E-state index contributed by atoms with van der Waals surface area (Å²) in [6.07, 6.45) is 57.3. The largest absolute Gasteiger partial charge is 0.480 e. The van der Waals surface area contributed by atoms with Gasteiger partial charge in [-0.15, -0.1) is 0 Å². The molecule has 0 radical (unpaired) electrons. The van der Waals surface area contributed by atoms with Gasteiger partial charge in [0.2, 0.25) is 0 Å². The molecular weight excluding hydrogens is 802 g/mol. The number of unbranched alkanes of at least 4 members (excludes halogenated alkanes) is 23. The van der Waals surface area contributed by atoms with Gasteiger partial charge in [0.25, 0.3) is 0 Å². The fraction of sp³-hybridized carbons (Fsp3) is 0.765. The van der Waals surface area contributed by atoms with Crippen molar-refractivity contribution in [1.29, 1.82) is 0 Å². The van der Waals surface area contributed by atoms with Crippen molar-refractivity contribution in [3.05, 3.63) is 60.8 Å². The minimum atomic E-state index is -4.64. The number of carboxylic acid groups (broad SMARTS) is 1. The number of allylic oxidation sites excluding steroid dienone is 10. The summed E-state index contributed by atoms with van der Waals surface area (Å²) in [6, 6.07) is -1.48. The van der Waals surface area contributed by atoms with Crippen LogP contribution in [0.25, 0.3) is 0 Å². The normalized spacial score (nSPS) is 14.3. The minimum absolute atomic E-state index is 0.00550. The Hall–Kier alpha value is -2.33. The molecule has 0 aromatic heterocycles. The summed E-state index contributed by atoms with van der Waals surface area (Å²) in [7, 11) is -4.64. The quantitative estimate of drug-likeness (QED) is 0.0233. The first-order valence-electron chi connectivity index (χ1n) is 24.8. The van der Waals surface area contributed by atoms with Crippen LogP contribution in [0.2, 0.25) is 0 Å². The van der Waals surface area contributed by atoms with Crippen LogP contribution in [0.5, 0.6) is 0 Å². The molecule has 0 rings (SSSR count). The second-order valence-corrected chi connectivity index (χ2v) is 18.0. The van der Waals surface area contributed by atoms with Crippen LogP contribution in [-0.2, 0) is 32.7 Å². The van der Waals surface area contributed by atoms with Crippen molar-refractivity contribution in [2.45, 2.75) is 225 Å². The number of phosphoric acid groups is 1. The van der Waals surface area contributed by atoms with E-state index < -0.39 is 45.1 Å². The number of nitrogens with two attached hydrogens (primary N) is 1. The second-order valence-electron chi connectivity index (χ2n) is 16.6. The molecule has 4 N–H and O–H groups in total. The van der Waals surface area contributed by atoms with Crippen molar-refractivity contribution < 1.29 is 42.7 Å². The zero-order chi connectivity index (χ0) is 45.5. The van der Waals surface area contributed by atoms with Crippen molar-refractivity contribution in [3.8, 4) is 0 Å². The molecule has 0 bridgehead atoms. The van der Waals surface area contributed by atoms with Gasteiger partial charge in [0.1, 0.15) is 12.1 Å². The van der Waals surface area contributed by atoms with Gasteiger partial charge in [-0.2, -0.15) is 0 Å².